The van der Waals surface area contributed by atoms with E-state index in [1.54, 1.807) is 0 Å². The van der Waals surface area contributed by atoms with Crippen molar-refractivity contribution in [2.75, 3.05) is 0 Å². The molecular formula is C8H9Cs. The van der Waals surface area contributed by atoms with E-state index in [0.29, 0.717) is 0 Å². The normalized spacial score (nSPS) is 7.56. The zero-order valence-corrected chi connectivity index (χ0v) is 4.67. The van der Waals surface area contributed by atoms with Crippen molar-refractivity contribution in [3.8, 4) is 0 Å². The second kappa shape index (κ2) is 5.77. The summed E-state index contributed by atoms with van der Waals surface area (Å²) in [6.07, 6.45) is 1.83. The molecular weight excluding hydrogens is 229 g/mol. The SMILES string of the molecule is C=Cc1ccccc1.[CsH]. The maximum atomic E-state index is 3.63. The third-order valence-corrected chi connectivity index (χ3v) is 1.04. The molecule has 0 aliphatic carbocycles. The Labute approximate surface area is 115 Å². The van der Waals surface area contributed by atoms with Crippen molar-refractivity contribution in [1.29, 1.82) is 0 Å². The van der Waals surface area contributed by atoms with E-state index in [-0.39, 0.29) is 68.9 Å². The van der Waals surface area contributed by atoms with Gasteiger partial charge < -0.3 is 0 Å². The van der Waals surface area contributed by atoms with Crippen molar-refractivity contribution < 1.29 is 0 Å². The molecule has 0 saturated heterocycles. The van der Waals surface area contributed by atoms with Gasteiger partial charge in [-0.2, -0.15) is 0 Å². The van der Waals surface area contributed by atoms with Gasteiger partial charge in [-0.15, -0.1) is 0 Å². The summed E-state index contributed by atoms with van der Waals surface area (Å²) in [5, 5.41) is 0. The van der Waals surface area contributed by atoms with Crippen LogP contribution < -0.4 is 0 Å². The molecule has 0 N–H and O–H groups in total. The van der Waals surface area contributed by atoms with Crippen LogP contribution in [0.4, 0.5) is 0 Å². The van der Waals surface area contributed by atoms with Crippen LogP contribution in [0, 0.1) is 0 Å². The van der Waals surface area contributed by atoms with Gasteiger partial charge in [-0.1, -0.05) is 43.0 Å². The number of hydrogen-bond donors (Lipinski definition) is 0. The topological polar surface area (TPSA) is 0 Å². The fourth-order valence-electron chi connectivity index (χ4n) is 0.589. The fourth-order valence-corrected chi connectivity index (χ4v) is 0.589. The van der Waals surface area contributed by atoms with E-state index in [9.17, 15) is 0 Å². The van der Waals surface area contributed by atoms with Gasteiger partial charge in [0.15, 0.2) is 0 Å². The molecule has 0 nitrogen and oxygen atoms in total. The molecule has 0 amide bonds. The molecule has 1 rings (SSSR count). The fraction of sp³-hybridized carbons (Fsp3) is 0. The first-order chi connectivity index (χ1) is 3.93. The van der Waals surface area contributed by atoms with Crippen LogP contribution in [-0.4, -0.2) is 68.9 Å². The third-order valence-electron chi connectivity index (χ3n) is 1.04. The second-order valence-corrected chi connectivity index (χ2v) is 1.61. The van der Waals surface area contributed by atoms with Gasteiger partial charge in [-0.3, -0.25) is 0 Å². The monoisotopic (exact) mass is 238 g/mol. The standard InChI is InChI=1S/C8H8.Cs.H/c1-2-8-6-4-3-5-7-8;;/h2-7H,1H2;;. The van der Waals surface area contributed by atoms with E-state index >= 15 is 0 Å². The molecule has 0 atom stereocenters. The van der Waals surface area contributed by atoms with Gasteiger partial charge >= 0.3 is 68.9 Å². The first-order valence-corrected chi connectivity index (χ1v) is 2.61. The van der Waals surface area contributed by atoms with Crippen molar-refractivity contribution >= 4 is 75.0 Å². The summed E-state index contributed by atoms with van der Waals surface area (Å²) in [4.78, 5) is 0. The summed E-state index contributed by atoms with van der Waals surface area (Å²) in [6.45, 7) is 3.63. The second-order valence-electron chi connectivity index (χ2n) is 1.61. The Morgan fingerprint density at radius 3 is 2.00 bits per heavy atom. The quantitative estimate of drug-likeness (QED) is 0.698. The predicted molar refractivity (Wildman–Crippen MR) is 43.7 cm³/mol. The van der Waals surface area contributed by atoms with E-state index in [0.717, 1.165) is 0 Å². The van der Waals surface area contributed by atoms with Gasteiger partial charge in [-0.05, 0) is 5.56 Å². The van der Waals surface area contributed by atoms with Crippen molar-refractivity contribution in [3.05, 3.63) is 42.5 Å². The molecule has 1 aromatic rings. The Hall–Kier alpha value is 1.01. The Balaban J connectivity index is 0.000000640. The Morgan fingerprint density at radius 1 is 1.11 bits per heavy atom. The summed E-state index contributed by atoms with van der Waals surface area (Å²) >= 11 is 0. The summed E-state index contributed by atoms with van der Waals surface area (Å²) in [5.41, 5.74) is 1.17. The van der Waals surface area contributed by atoms with E-state index in [1.807, 2.05) is 36.4 Å². The molecule has 1 heteroatoms. The summed E-state index contributed by atoms with van der Waals surface area (Å²) in [7, 11) is 0. The van der Waals surface area contributed by atoms with Crippen molar-refractivity contribution in [1.82, 2.24) is 0 Å². The minimum atomic E-state index is 0. The van der Waals surface area contributed by atoms with Crippen molar-refractivity contribution in [2.24, 2.45) is 0 Å². The number of hydrogen-bond acceptors (Lipinski definition) is 0. The molecule has 0 bridgehead atoms. The van der Waals surface area contributed by atoms with Crippen LogP contribution in [0.15, 0.2) is 36.9 Å². The Morgan fingerprint density at radius 2 is 1.67 bits per heavy atom. The molecule has 0 radical (unpaired) electrons. The molecule has 0 aromatic heterocycles. The van der Waals surface area contributed by atoms with Gasteiger partial charge in [0.05, 0.1) is 0 Å². The molecule has 1 aromatic carbocycles. The zero-order valence-electron chi connectivity index (χ0n) is 4.67. The molecule has 0 aliphatic heterocycles. The van der Waals surface area contributed by atoms with Crippen LogP contribution in [0.3, 0.4) is 0 Å². The summed E-state index contributed by atoms with van der Waals surface area (Å²) < 4.78 is 0. The molecule has 0 fully saturated rings. The Bertz CT molecular complexity index is 167. The molecule has 0 spiro atoms. The zero-order chi connectivity index (χ0) is 5.82. The van der Waals surface area contributed by atoms with Gasteiger partial charge in [0.2, 0.25) is 0 Å². The van der Waals surface area contributed by atoms with Crippen LogP contribution in [-0.2, 0) is 0 Å². The van der Waals surface area contributed by atoms with Crippen LogP contribution >= 0.6 is 0 Å². The molecule has 9 heavy (non-hydrogen) atoms. The molecule has 42 valence electrons. The average molecular weight is 238 g/mol. The molecule has 0 aliphatic rings. The van der Waals surface area contributed by atoms with Crippen LogP contribution in [0.1, 0.15) is 5.56 Å². The maximum absolute atomic E-state index is 3.63. The number of benzene rings is 1. The van der Waals surface area contributed by atoms with E-state index < -0.39 is 0 Å². The van der Waals surface area contributed by atoms with Crippen molar-refractivity contribution in [3.63, 3.8) is 0 Å². The van der Waals surface area contributed by atoms with Gasteiger partial charge in [0.1, 0.15) is 0 Å². The predicted octanol–water partition coefficient (Wildman–Crippen LogP) is 1.68. The summed E-state index contributed by atoms with van der Waals surface area (Å²) in [6, 6.07) is 10.0. The van der Waals surface area contributed by atoms with Gasteiger partial charge in [0.25, 0.3) is 0 Å². The van der Waals surface area contributed by atoms with E-state index in [4.69, 9.17) is 0 Å². The van der Waals surface area contributed by atoms with Gasteiger partial charge in [0, 0.05) is 0 Å². The van der Waals surface area contributed by atoms with Crippen LogP contribution in [0.5, 0.6) is 0 Å². The minimum absolute atomic E-state index is 0. The van der Waals surface area contributed by atoms with Gasteiger partial charge in [-0.25, -0.2) is 0 Å². The first kappa shape index (κ1) is 10.0. The number of rotatable bonds is 1. The Kier molecular flexibility index (Phi) is 6.42. The average Bonchev–Trinajstić information content (AvgIpc) is 1.90. The first-order valence-electron chi connectivity index (χ1n) is 2.61. The molecule has 0 unspecified atom stereocenters. The molecule has 0 heterocycles. The van der Waals surface area contributed by atoms with E-state index in [1.165, 1.54) is 5.56 Å². The van der Waals surface area contributed by atoms with E-state index in [2.05, 4.69) is 6.58 Å². The van der Waals surface area contributed by atoms with Crippen molar-refractivity contribution in [2.45, 2.75) is 0 Å². The summed E-state index contributed by atoms with van der Waals surface area (Å²) in [5.74, 6) is 0. The molecule has 0 saturated carbocycles. The van der Waals surface area contributed by atoms with Crippen LogP contribution in [0.2, 0.25) is 0 Å². The van der Waals surface area contributed by atoms with Crippen LogP contribution in [0.25, 0.3) is 6.08 Å². The third kappa shape index (κ3) is 3.65.